The summed E-state index contributed by atoms with van der Waals surface area (Å²) in [4.78, 5) is 39.2. The van der Waals surface area contributed by atoms with Crippen LogP contribution < -0.4 is 5.32 Å². The fraction of sp³-hybridized carbons (Fsp3) is 0.333. The molecule has 0 bridgehead atoms. The highest BCUT2D eigenvalue weighted by Gasteiger charge is 2.32. The van der Waals surface area contributed by atoms with Crippen LogP contribution in [0.2, 0.25) is 0 Å². The Labute approximate surface area is 109 Å². The number of likely N-dealkylation sites (N-methyl/N-ethyl adjacent to an activating group) is 1. The van der Waals surface area contributed by atoms with E-state index in [1.54, 1.807) is 0 Å². The van der Waals surface area contributed by atoms with Gasteiger partial charge < -0.3 is 10.4 Å². The van der Waals surface area contributed by atoms with Crippen LogP contribution in [0, 0.1) is 0 Å². The van der Waals surface area contributed by atoms with E-state index in [-0.39, 0.29) is 29.6 Å². The lowest BCUT2D eigenvalue weighted by Gasteiger charge is -2.28. The SMILES string of the molecule is CN1C(=O)CCC(Nc2ncccc2C(=O)O)C1=O. The molecule has 1 aliphatic rings. The smallest absolute Gasteiger partial charge is 0.339 e. The van der Waals surface area contributed by atoms with Crippen LogP contribution in [-0.2, 0) is 9.59 Å². The lowest BCUT2D eigenvalue weighted by Crippen LogP contribution is -2.48. The fourth-order valence-electron chi connectivity index (χ4n) is 1.91. The number of aromatic carboxylic acids is 1. The fourth-order valence-corrected chi connectivity index (χ4v) is 1.91. The predicted molar refractivity (Wildman–Crippen MR) is 65.6 cm³/mol. The summed E-state index contributed by atoms with van der Waals surface area (Å²) in [6.45, 7) is 0. The Morgan fingerprint density at radius 3 is 2.95 bits per heavy atom. The highest BCUT2D eigenvalue weighted by molar-refractivity contribution is 6.02. The van der Waals surface area contributed by atoms with E-state index < -0.39 is 12.0 Å². The average molecular weight is 263 g/mol. The minimum Gasteiger partial charge on any atom is -0.478 e. The van der Waals surface area contributed by atoms with E-state index in [2.05, 4.69) is 10.3 Å². The van der Waals surface area contributed by atoms with Crippen LogP contribution in [0.4, 0.5) is 5.82 Å². The molecule has 0 aliphatic carbocycles. The number of likely N-dealkylation sites (tertiary alicyclic amines) is 1. The summed E-state index contributed by atoms with van der Waals surface area (Å²) in [6, 6.07) is 2.28. The van der Waals surface area contributed by atoms with Crippen LogP contribution in [0.25, 0.3) is 0 Å². The standard InChI is InChI=1S/C12H13N3O4/c1-15-9(16)5-4-8(11(15)17)14-10-7(12(18)19)3-2-6-13-10/h2-3,6,8H,4-5H2,1H3,(H,13,14)(H,18,19). The molecule has 1 unspecified atom stereocenters. The third-order valence-corrected chi connectivity index (χ3v) is 3.00. The molecule has 2 rings (SSSR count). The van der Waals surface area contributed by atoms with Gasteiger partial charge in [-0.05, 0) is 18.6 Å². The Balaban J connectivity index is 2.20. The van der Waals surface area contributed by atoms with Crippen molar-refractivity contribution in [2.24, 2.45) is 0 Å². The second-order valence-corrected chi connectivity index (χ2v) is 4.23. The van der Waals surface area contributed by atoms with Crippen molar-refractivity contribution < 1.29 is 19.5 Å². The van der Waals surface area contributed by atoms with E-state index in [0.29, 0.717) is 6.42 Å². The number of rotatable bonds is 3. The Bertz CT molecular complexity index is 544. The molecule has 1 atom stereocenters. The number of carboxylic acid groups (broad SMARTS) is 1. The number of amides is 2. The number of nitrogens with one attached hydrogen (secondary N) is 1. The number of carbonyl (C=O) groups excluding carboxylic acids is 2. The van der Waals surface area contributed by atoms with E-state index >= 15 is 0 Å². The Kier molecular flexibility index (Phi) is 3.46. The summed E-state index contributed by atoms with van der Waals surface area (Å²) in [5.74, 6) is -1.60. The van der Waals surface area contributed by atoms with Crippen LogP contribution in [0.1, 0.15) is 23.2 Å². The lowest BCUT2D eigenvalue weighted by molar-refractivity contribution is -0.146. The van der Waals surface area contributed by atoms with Crippen molar-refractivity contribution in [1.82, 2.24) is 9.88 Å². The summed E-state index contributed by atoms with van der Waals surface area (Å²) in [5, 5.41) is 11.8. The highest BCUT2D eigenvalue weighted by atomic mass is 16.4. The number of anilines is 1. The van der Waals surface area contributed by atoms with Crippen molar-refractivity contribution in [2.45, 2.75) is 18.9 Å². The summed E-state index contributed by atoms with van der Waals surface area (Å²) in [6.07, 6.45) is 2.02. The zero-order chi connectivity index (χ0) is 14.0. The van der Waals surface area contributed by atoms with Gasteiger partial charge >= 0.3 is 5.97 Å². The van der Waals surface area contributed by atoms with Crippen molar-refractivity contribution in [3.63, 3.8) is 0 Å². The number of hydrogen-bond acceptors (Lipinski definition) is 5. The first kappa shape index (κ1) is 13.0. The van der Waals surface area contributed by atoms with E-state index in [1.165, 1.54) is 25.4 Å². The molecule has 1 aliphatic heterocycles. The van der Waals surface area contributed by atoms with Crippen LogP contribution in [0.5, 0.6) is 0 Å². The maximum Gasteiger partial charge on any atom is 0.339 e. The summed E-state index contributed by atoms with van der Waals surface area (Å²) in [5.41, 5.74) is -0.00477. The van der Waals surface area contributed by atoms with Crippen molar-refractivity contribution >= 4 is 23.6 Å². The normalized spacial score (nSPS) is 19.4. The molecular formula is C12H13N3O4. The first-order valence-corrected chi connectivity index (χ1v) is 5.76. The summed E-state index contributed by atoms with van der Waals surface area (Å²) < 4.78 is 0. The van der Waals surface area contributed by atoms with E-state index in [9.17, 15) is 14.4 Å². The van der Waals surface area contributed by atoms with Crippen LogP contribution in [-0.4, -0.2) is 45.9 Å². The van der Waals surface area contributed by atoms with E-state index in [1.807, 2.05) is 0 Å². The molecule has 2 N–H and O–H groups in total. The maximum atomic E-state index is 11.9. The number of carboxylic acids is 1. The third-order valence-electron chi connectivity index (χ3n) is 3.00. The minimum absolute atomic E-state index is 0.00477. The van der Waals surface area contributed by atoms with Gasteiger partial charge in [-0.25, -0.2) is 9.78 Å². The molecule has 0 saturated carbocycles. The molecule has 100 valence electrons. The van der Waals surface area contributed by atoms with Gasteiger partial charge in [0.05, 0.1) is 0 Å². The number of pyridine rings is 1. The molecule has 2 amide bonds. The molecular weight excluding hydrogens is 250 g/mol. The topological polar surface area (TPSA) is 99.6 Å². The van der Waals surface area contributed by atoms with E-state index in [0.717, 1.165) is 4.90 Å². The number of hydrogen-bond donors (Lipinski definition) is 2. The molecule has 19 heavy (non-hydrogen) atoms. The average Bonchev–Trinajstić information content (AvgIpc) is 2.40. The third kappa shape index (κ3) is 2.54. The Morgan fingerprint density at radius 1 is 1.53 bits per heavy atom. The minimum atomic E-state index is -1.12. The monoisotopic (exact) mass is 263 g/mol. The molecule has 1 saturated heterocycles. The lowest BCUT2D eigenvalue weighted by atomic mass is 10.0. The Morgan fingerprint density at radius 2 is 2.26 bits per heavy atom. The largest absolute Gasteiger partial charge is 0.478 e. The highest BCUT2D eigenvalue weighted by Crippen LogP contribution is 2.18. The van der Waals surface area contributed by atoms with Crippen molar-refractivity contribution in [2.75, 3.05) is 12.4 Å². The summed E-state index contributed by atoms with van der Waals surface area (Å²) >= 11 is 0. The Hall–Kier alpha value is -2.44. The van der Waals surface area contributed by atoms with Gasteiger partial charge in [-0.3, -0.25) is 14.5 Å². The van der Waals surface area contributed by atoms with Crippen molar-refractivity contribution in [3.05, 3.63) is 23.9 Å². The van der Waals surface area contributed by atoms with Gasteiger partial charge in [0.15, 0.2) is 0 Å². The molecule has 1 fully saturated rings. The van der Waals surface area contributed by atoms with Gasteiger partial charge in [0, 0.05) is 19.7 Å². The predicted octanol–water partition coefficient (Wildman–Crippen LogP) is 0.339. The number of piperidine rings is 1. The van der Waals surface area contributed by atoms with Gasteiger partial charge in [-0.1, -0.05) is 0 Å². The van der Waals surface area contributed by atoms with Crippen LogP contribution in [0.3, 0.4) is 0 Å². The van der Waals surface area contributed by atoms with Crippen LogP contribution >= 0.6 is 0 Å². The number of nitrogens with zero attached hydrogens (tertiary/aromatic N) is 2. The molecule has 7 nitrogen and oxygen atoms in total. The van der Waals surface area contributed by atoms with Gasteiger partial charge in [0.1, 0.15) is 17.4 Å². The number of aromatic nitrogens is 1. The van der Waals surface area contributed by atoms with Gasteiger partial charge in [-0.15, -0.1) is 0 Å². The molecule has 0 aromatic carbocycles. The number of carbonyl (C=O) groups is 3. The number of imide groups is 1. The zero-order valence-electron chi connectivity index (χ0n) is 10.3. The summed E-state index contributed by atoms with van der Waals surface area (Å²) in [7, 11) is 1.41. The maximum absolute atomic E-state index is 11.9. The molecule has 1 aromatic heterocycles. The van der Waals surface area contributed by atoms with Gasteiger partial charge in [0.25, 0.3) is 5.91 Å². The first-order valence-electron chi connectivity index (χ1n) is 5.76. The molecule has 0 spiro atoms. The zero-order valence-corrected chi connectivity index (χ0v) is 10.3. The quantitative estimate of drug-likeness (QED) is 0.763. The van der Waals surface area contributed by atoms with E-state index in [4.69, 9.17) is 5.11 Å². The second-order valence-electron chi connectivity index (χ2n) is 4.23. The molecule has 2 heterocycles. The van der Waals surface area contributed by atoms with Gasteiger partial charge in [0.2, 0.25) is 5.91 Å². The molecule has 0 radical (unpaired) electrons. The first-order chi connectivity index (χ1) is 9.00. The van der Waals surface area contributed by atoms with Crippen molar-refractivity contribution in [1.29, 1.82) is 0 Å². The molecule has 7 heteroatoms. The van der Waals surface area contributed by atoms with Crippen molar-refractivity contribution in [3.8, 4) is 0 Å². The van der Waals surface area contributed by atoms with Crippen LogP contribution in [0.15, 0.2) is 18.3 Å². The molecule has 1 aromatic rings. The van der Waals surface area contributed by atoms with Gasteiger partial charge in [-0.2, -0.15) is 0 Å². The second kappa shape index (κ2) is 5.05.